The van der Waals surface area contributed by atoms with Crippen LogP contribution in [0.3, 0.4) is 0 Å². The molecule has 2 aromatic rings. The van der Waals surface area contributed by atoms with Gasteiger partial charge in [0.25, 0.3) is 11.8 Å². The Balaban J connectivity index is 1.62. The molecule has 2 aromatic heterocycles. The molecular formula is C21H24F4N4O2S. The van der Waals surface area contributed by atoms with E-state index >= 15 is 8.78 Å². The maximum absolute atomic E-state index is 15.6. The molecule has 2 aliphatic heterocycles. The van der Waals surface area contributed by atoms with Crippen LogP contribution in [0.4, 0.5) is 23.2 Å². The van der Waals surface area contributed by atoms with Gasteiger partial charge in [-0.05, 0) is 19.8 Å². The molecule has 2 atom stereocenters. The summed E-state index contributed by atoms with van der Waals surface area (Å²) >= 11 is 1.11. The van der Waals surface area contributed by atoms with Crippen molar-refractivity contribution in [2.75, 3.05) is 11.4 Å². The van der Waals surface area contributed by atoms with Gasteiger partial charge < -0.3 is 15.3 Å². The highest BCUT2D eigenvalue weighted by molar-refractivity contribution is 7.18. The van der Waals surface area contributed by atoms with Gasteiger partial charge in [0.15, 0.2) is 0 Å². The smallest absolute Gasteiger partial charge is 0.272 e. The lowest BCUT2D eigenvalue weighted by atomic mass is 9.75. The molecule has 0 unspecified atom stereocenters. The van der Waals surface area contributed by atoms with E-state index in [0.29, 0.717) is 26.6 Å². The Bertz CT molecular complexity index is 1040. The standard InChI is InChI=1S/C21H24F4N4O2S/c1-19(2,31)6-14-21(24,25)5-12-15-17(32-16(12)11-7-26-27-8-11)18(30)28-13(9-29(14)15)10-3-20(22,23)4-10/h7-8,10,13-14,31H,3-6,9H2,1-2H3,(H,26,27)(H,28,30)/t13-,14+/m1/s1. The third-order valence-corrected chi connectivity index (χ3v) is 7.87. The predicted octanol–water partition coefficient (Wildman–Crippen LogP) is 3.82. The normalized spacial score (nSPS) is 26.8. The van der Waals surface area contributed by atoms with Crippen LogP contribution in [-0.4, -0.2) is 57.3 Å². The lowest BCUT2D eigenvalue weighted by molar-refractivity contribution is -0.118. The van der Waals surface area contributed by atoms with Crippen LogP contribution in [0.15, 0.2) is 12.4 Å². The van der Waals surface area contributed by atoms with Crippen molar-refractivity contribution in [3.8, 4) is 10.4 Å². The third kappa shape index (κ3) is 3.59. The average Bonchev–Trinajstić information content (AvgIpc) is 3.25. The molecule has 4 heterocycles. The fourth-order valence-electron chi connectivity index (χ4n) is 5.13. The Morgan fingerprint density at radius 3 is 2.59 bits per heavy atom. The summed E-state index contributed by atoms with van der Waals surface area (Å²) in [7, 11) is 0. The van der Waals surface area contributed by atoms with Crippen molar-refractivity contribution in [2.24, 2.45) is 5.92 Å². The average molecular weight is 473 g/mol. The van der Waals surface area contributed by atoms with Crippen molar-refractivity contribution in [1.82, 2.24) is 15.5 Å². The number of aromatic nitrogens is 2. The molecule has 6 nitrogen and oxygen atoms in total. The molecule has 1 saturated carbocycles. The molecule has 3 N–H and O–H groups in total. The summed E-state index contributed by atoms with van der Waals surface area (Å²) in [5, 5.41) is 19.8. The zero-order valence-corrected chi connectivity index (χ0v) is 18.4. The summed E-state index contributed by atoms with van der Waals surface area (Å²) in [6.45, 7) is 2.93. The first-order valence-corrected chi connectivity index (χ1v) is 11.4. The highest BCUT2D eigenvalue weighted by atomic mass is 32.1. The van der Waals surface area contributed by atoms with Crippen LogP contribution in [-0.2, 0) is 6.42 Å². The SMILES string of the molecule is CC(C)(O)C[C@@H]1N2C[C@H](C3CC(F)(F)C3)NC(=O)c3sc(-c4cn[nH]c4)c(c32)CC1(F)F. The van der Waals surface area contributed by atoms with Gasteiger partial charge in [-0.1, -0.05) is 0 Å². The monoisotopic (exact) mass is 472 g/mol. The minimum Gasteiger partial charge on any atom is -0.390 e. The van der Waals surface area contributed by atoms with Crippen LogP contribution >= 0.6 is 11.3 Å². The van der Waals surface area contributed by atoms with Gasteiger partial charge in [-0.3, -0.25) is 9.89 Å². The summed E-state index contributed by atoms with van der Waals surface area (Å²) < 4.78 is 58.2. The molecule has 3 aliphatic rings. The number of nitrogens with zero attached hydrogens (tertiary/aromatic N) is 2. The van der Waals surface area contributed by atoms with Gasteiger partial charge in [0.05, 0.1) is 23.5 Å². The molecule has 5 rings (SSSR count). The van der Waals surface area contributed by atoms with Gasteiger partial charge in [0, 0.05) is 60.5 Å². The number of thiophene rings is 1. The Labute approximate surface area is 186 Å². The zero-order valence-electron chi connectivity index (χ0n) is 17.6. The number of hydrogen-bond acceptors (Lipinski definition) is 5. The van der Waals surface area contributed by atoms with Crippen molar-refractivity contribution < 1.29 is 27.5 Å². The van der Waals surface area contributed by atoms with Crippen LogP contribution < -0.4 is 10.2 Å². The predicted molar refractivity (Wildman–Crippen MR) is 112 cm³/mol. The molecule has 11 heteroatoms. The molecular weight excluding hydrogens is 448 g/mol. The molecule has 1 fully saturated rings. The molecule has 1 amide bonds. The number of carbonyl (C=O) groups excluding carboxylic acids is 1. The van der Waals surface area contributed by atoms with Crippen molar-refractivity contribution in [3.63, 3.8) is 0 Å². The second-order valence-electron chi connectivity index (χ2n) is 9.80. The summed E-state index contributed by atoms with van der Waals surface area (Å²) in [5.41, 5.74) is 0.0195. The quantitative estimate of drug-likeness (QED) is 0.591. The number of rotatable bonds is 4. The Kier molecular flexibility index (Phi) is 4.70. The van der Waals surface area contributed by atoms with Gasteiger partial charge in [-0.15, -0.1) is 11.3 Å². The zero-order chi connectivity index (χ0) is 23.1. The Morgan fingerprint density at radius 2 is 2.00 bits per heavy atom. The van der Waals surface area contributed by atoms with Crippen molar-refractivity contribution in [2.45, 2.75) is 69.1 Å². The van der Waals surface area contributed by atoms with E-state index in [4.69, 9.17) is 0 Å². The van der Waals surface area contributed by atoms with Crippen molar-refractivity contribution in [1.29, 1.82) is 0 Å². The van der Waals surface area contributed by atoms with Gasteiger partial charge in [0.2, 0.25) is 5.92 Å². The molecule has 0 bridgehead atoms. The van der Waals surface area contributed by atoms with E-state index in [2.05, 4.69) is 15.5 Å². The first kappa shape index (κ1) is 21.7. The Morgan fingerprint density at radius 1 is 1.28 bits per heavy atom. The van der Waals surface area contributed by atoms with E-state index in [9.17, 15) is 18.7 Å². The number of nitrogens with one attached hydrogen (secondary N) is 2. The minimum atomic E-state index is -3.19. The lowest BCUT2D eigenvalue weighted by Crippen LogP contribution is -2.59. The molecule has 174 valence electrons. The summed E-state index contributed by atoms with van der Waals surface area (Å²) in [5.74, 6) is -6.90. The second-order valence-corrected chi connectivity index (χ2v) is 10.8. The van der Waals surface area contributed by atoms with E-state index in [1.165, 1.54) is 24.9 Å². The fourth-order valence-corrected chi connectivity index (χ4v) is 6.34. The van der Waals surface area contributed by atoms with Gasteiger partial charge in [0.1, 0.15) is 4.88 Å². The minimum absolute atomic E-state index is 0.00954. The van der Waals surface area contributed by atoms with Crippen molar-refractivity contribution in [3.05, 3.63) is 22.8 Å². The van der Waals surface area contributed by atoms with Gasteiger partial charge in [-0.25, -0.2) is 17.6 Å². The first-order chi connectivity index (χ1) is 14.8. The number of anilines is 1. The Hall–Kier alpha value is -2.14. The van der Waals surface area contributed by atoms with E-state index in [-0.39, 0.29) is 25.8 Å². The maximum Gasteiger partial charge on any atom is 0.272 e. The highest BCUT2D eigenvalue weighted by Gasteiger charge is 2.56. The second kappa shape index (κ2) is 6.93. The molecule has 0 radical (unpaired) electrons. The van der Waals surface area contributed by atoms with Crippen LogP contribution in [0, 0.1) is 5.92 Å². The van der Waals surface area contributed by atoms with Crippen LogP contribution in [0.2, 0.25) is 0 Å². The topological polar surface area (TPSA) is 81.2 Å². The fraction of sp³-hybridized carbons (Fsp3) is 0.619. The number of hydrogen-bond donors (Lipinski definition) is 3. The van der Waals surface area contributed by atoms with Gasteiger partial charge in [-0.2, -0.15) is 5.10 Å². The third-order valence-electron chi connectivity index (χ3n) is 6.60. The maximum atomic E-state index is 15.6. The number of halogens is 4. The molecule has 0 spiro atoms. The number of amides is 1. The summed E-state index contributed by atoms with van der Waals surface area (Å²) in [6, 6.07) is -2.04. The largest absolute Gasteiger partial charge is 0.390 e. The molecule has 1 aliphatic carbocycles. The highest BCUT2D eigenvalue weighted by Crippen LogP contribution is 2.53. The number of aromatic amines is 1. The van der Waals surface area contributed by atoms with E-state index in [0.717, 1.165) is 11.3 Å². The number of carbonyl (C=O) groups is 1. The van der Waals surface area contributed by atoms with Gasteiger partial charge >= 0.3 is 0 Å². The van der Waals surface area contributed by atoms with E-state index in [1.54, 1.807) is 6.20 Å². The summed E-state index contributed by atoms with van der Waals surface area (Å²) in [6.07, 6.45) is 1.56. The first-order valence-electron chi connectivity index (χ1n) is 10.5. The number of H-pyrrole nitrogens is 1. The molecule has 0 aromatic carbocycles. The van der Waals surface area contributed by atoms with Crippen molar-refractivity contribution >= 4 is 22.9 Å². The number of aliphatic hydroxyl groups is 1. The number of alkyl halides is 4. The lowest BCUT2D eigenvalue weighted by Gasteiger charge is -2.47. The van der Waals surface area contributed by atoms with Crippen LogP contribution in [0.1, 0.15) is 48.3 Å². The van der Waals surface area contributed by atoms with E-state index < -0.39 is 47.8 Å². The van der Waals surface area contributed by atoms with E-state index in [1.807, 2.05) is 0 Å². The molecule has 32 heavy (non-hydrogen) atoms. The molecule has 0 saturated heterocycles. The van der Waals surface area contributed by atoms with Crippen LogP contribution in [0.25, 0.3) is 10.4 Å². The van der Waals surface area contributed by atoms with Crippen LogP contribution in [0.5, 0.6) is 0 Å². The summed E-state index contributed by atoms with van der Waals surface area (Å²) in [4.78, 5) is 15.4.